The number of nitrogens with zero attached hydrogens (tertiary/aromatic N) is 3. The highest BCUT2D eigenvalue weighted by atomic mass is 35.5. The van der Waals surface area contributed by atoms with Gasteiger partial charge in [0, 0.05) is 23.0 Å². The molecule has 7 nitrogen and oxygen atoms in total. The van der Waals surface area contributed by atoms with Crippen molar-refractivity contribution in [3.05, 3.63) is 65.0 Å². The topological polar surface area (TPSA) is 80.5 Å². The second-order valence-electron chi connectivity index (χ2n) is 8.60. The highest BCUT2D eigenvalue weighted by Gasteiger charge is 2.26. The average molecular weight is 469 g/mol. The number of rotatable bonds is 8. The molecule has 1 N–H and O–H groups in total. The summed E-state index contributed by atoms with van der Waals surface area (Å²) in [7, 11) is 0. The Morgan fingerprint density at radius 2 is 1.97 bits per heavy atom. The van der Waals surface area contributed by atoms with Crippen LogP contribution in [0, 0.1) is 5.92 Å². The molecule has 0 bridgehead atoms. The molecule has 4 rings (SSSR count). The van der Waals surface area contributed by atoms with Gasteiger partial charge in [-0.05, 0) is 69.6 Å². The van der Waals surface area contributed by atoms with Crippen LogP contribution in [0.2, 0.25) is 5.02 Å². The van der Waals surface area contributed by atoms with Crippen molar-refractivity contribution < 1.29 is 14.1 Å². The third-order valence-corrected chi connectivity index (χ3v) is 5.87. The van der Waals surface area contributed by atoms with Crippen LogP contribution in [0.5, 0.6) is 5.75 Å². The number of ether oxygens (including phenoxy) is 1. The first-order chi connectivity index (χ1) is 16.0. The maximum Gasteiger partial charge on any atom is 0.241 e. The van der Waals surface area contributed by atoms with E-state index >= 15 is 0 Å². The van der Waals surface area contributed by atoms with Gasteiger partial charge in [-0.15, -0.1) is 0 Å². The van der Waals surface area contributed by atoms with Gasteiger partial charge >= 0.3 is 0 Å². The summed E-state index contributed by atoms with van der Waals surface area (Å²) in [6, 6.07) is 15.2. The van der Waals surface area contributed by atoms with Gasteiger partial charge in [0.15, 0.2) is 0 Å². The Balaban J connectivity index is 1.21. The van der Waals surface area contributed by atoms with Gasteiger partial charge in [0.25, 0.3) is 0 Å². The highest BCUT2D eigenvalue weighted by molar-refractivity contribution is 6.30. The summed E-state index contributed by atoms with van der Waals surface area (Å²) in [4.78, 5) is 19.4. The zero-order valence-electron chi connectivity index (χ0n) is 19.0. The standard InChI is InChI=1S/C25H29ClN4O3/c1-17(2)32-22-8-6-18(7-9-22)15-27-25(31)19-10-12-30(13-11-19)16-23-28-24(29-33-23)20-4-3-5-21(26)14-20/h3-9,14,17,19H,10-13,15-16H2,1-2H3,(H,27,31). The lowest BCUT2D eigenvalue weighted by Gasteiger charge is -2.30. The van der Waals surface area contributed by atoms with Crippen LogP contribution in [-0.2, 0) is 17.9 Å². The Hall–Kier alpha value is -2.90. The van der Waals surface area contributed by atoms with Crippen LogP contribution in [0.3, 0.4) is 0 Å². The first-order valence-corrected chi connectivity index (χ1v) is 11.7. The van der Waals surface area contributed by atoms with Crippen molar-refractivity contribution in [1.29, 1.82) is 0 Å². The molecule has 1 aliphatic heterocycles. The van der Waals surface area contributed by atoms with Gasteiger partial charge in [0.2, 0.25) is 17.6 Å². The van der Waals surface area contributed by atoms with Crippen LogP contribution in [0.4, 0.5) is 0 Å². The number of aromatic nitrogens is 2. The van der Waals surface area contributed by atoms with Crippen molar-refractivity contribution in [1.82, 2.24) is 20.4 Å². The molecule has 8 heteroatoms. The highest BCUT2D eigenvalue weighted by Crippen LogP contribution is 2.22. The average Bonchev–Trinajstić information content (AvgIpc) is 3.27. The van der Waals surface area contributed by atoms with E-state index in [2.05, 4.69) is 20.4 Å². The monoisotopic (exact) mass is 468 g/mol. The van der Waals surface area contributed by atoms with E-state index in [4.69, 9.17) is 20.9 Å². The maximum absolute atomic E-state index is 12.6. The largest absolute Gasteiger partial charge is 0.491 e. The van der Waals surface area contributed by atoms with E-state index in [0.29, 0.717) is 29.8 Å². The van der Waals surface area contributed by atoms with Crippen LogP contribution in [0.25, 0.3) is 11.4 Å². The predicted molar refractivity (Wildman–Crippen MR) is 127 cm³/mol. The number of carbonyl (C=O) groups excluding carboxylic acids is 1. The van der Waals surface area contributed by atoms with Gasteiger partial charge in [-0.1, -0.05) is 41.0 Å². The molecule has 2 aromatic carbocycles. The molecule has 1 fully saturated rings. The van der Waals surface area contributed by atoms with Crippen molar-refractivity contribution in [3.8, 4) is 17.1 Å². The van der Waals surface area contributed by atoms with Gasteiger partial charge < -0.3 is 14.6 Å². The molecule has 0 radical (unpaired) electrons. The lowest BCUT2D eigenvalue weighted by molar-refractivity contribution is -0.126. The minimum atomic E-state index is 0.0227. The Kier molecular flexibility index (Phi) is 7.62. The first-order valence-electron chi connectivity index (χ1n) is 11.3. The van der Waals surface area contributed by atoms with Gasteiger partial charge in [0.05, 0.1) is 12.6 Å². The second kappa shape index (κ2) is 10.8. The van der Waals surface area contributed by atoms with Gasteiger partial charge in [-0.3, -0.25) is 9.69 Å². The minimum absolute atomic E-state index is 0.0227. The van der Waals surface area contributed by atoms with Crippen LogP contribution in [0.1, 0.15) is 38.1 Å². The van der Waals surface area contributed by atoms with E-state index in [-0.39, 0.29) is 17.9 Å². The number of hydrogen-bond donors (Lipinski definition) is 1. The molecule has 3 aromatic rings. The Morgan fingerprint density at radius 1 is 1.21 bits per heavy atom. The first kappa shape index (κ1) is 23.3. The Labute approximate surface area is 199 Å². The number of carbonyl (C=O) groups is 1. The summed E-state index contributed by atoms with van der Waals surface area (Å²) in [5.74, 6) is 2.07. The van der Waals surface area contributed by atoms with Crippen LogP contribution in [0.15, 0.2) is 53.1 Å². The summed E-state index contributed by atoms with van der Waals surface area (Å²) in [6.45, 7) is 6.73. The molecule has 1 aromatic heterocycles. The summed E-state index contributed by atoms with van der Waals surface area (Å²) in [6.07, 6.45) is 1.76. The molecule has 33 heavy (non-hydrogen) atoms. The number of halogens is 1. The number of benzene rings is 2. The molecule has 1 amide bonds. The summed E-state index contributed by atoms with van der Waals surface area (Å²) < 4.78 is 11.1. The molecule has 0 spiro atoms. The van der Waals surface area contributed by atoms with Crippen LogP contribution < -0.4 is 10.1 Å². The van der Waals surface area contributed by atoms with Crippen molar-refractivity contribution in [3.63, 3.8) is 0 Å². The van der Waals surface area contributed by atoms with Gasteiger partial charge in [0.1, 0.15) is 5.75 Å². The van der Waals surface area contributed by atoms with E-state index in [9.17, 15) is 4.79 Å². The third-order valence-electron chi connectivity index (χ3n) is 5.63. The van der Waals surface area contributed by atoms with E-state index < -0.39 is 0 Å². The van der Waals surface area contributed by atoms with Crippen LogP contribution in [-0.4, -0.2) is 40.1 Å². The molecular weight excluding hydrogens is 440 g/mol. The second-order valence-corrected chi connectivity index (χ2v) is 9.04. The molecule has 1 saturated heterocycles. The lowest BCUT2D eigenvalue weighted by atomic mass is 9.96. The zero-order valence-corrected chi connectivity index (χ0v) is 19.7. The van der Waals surface area contributed by atoms with E-state index in [1.807, 2.05) is 62.4 Å². The minimum Gasteiger partial charge on any atom is -0.491 e. The van der Waals surface area contributed by atoms with Crippen molar-refractivity contribution >= 4 is 17.5 Å². The van der Waals surface area contributed by atoms with E-state index in [0.717, 1.165) is 42.8 Å². The lowest BCUT2D eigenvalue weighted by Crippen LogP contribution is -2.40. The van der Waals surface area contributed by atoms with E-state index in [1.54, 1.807) is 0 Å². The molecular formula is C25H29ClN4O3. The van der Waals surface area contributed by atoms with E-state index in [1.165, 1.54) is 0 Å². The number of likely N-dealkylation sites (tertiary alicyclic amines) is 1. The molecule has 0 saturated carbocycles. The molecule has 0 aliphatic carbocycles. The molecule has 1 aliphatic rings. The number of piperidine rings is 1. The third kappa shape index (κ3) is 6.55. The summed E-state index contributed by atoms with van der Waals surface area (Å²) in [5, 5.41) is 7.77. The Morgan fingerprint density at radius 3 is 2.67 bits per heavy atom. The molecule has 2 heterocycles. The Bertz CT molecular complexity index is 1060. The number of hydrogen-bond acceptors (Lipinski definition) is 6. The summed E-state index contributed by atoms with van der Waals surface area (Å²) in [5.41, 5.74) is 1.89. The molecule has 0 unspecified atom stereocenters. The SMILES string of the molecule is CC(C)Oc1ccc(CNC(=O)C2CCN(Cc3nc(-c4cccc(Cl)c4)no3)CC2)cc1. The fourth-order valence-electron chi connectivity index (χ4n) is 3.90. The normalized spacial score (nSPS) is 15.0. The van der Waals surface area contributed by atoms with Gasteiger partial charge in [-0.2, -0.15) is 4.98 Å². The molecule has 174 valence electrons. The zero-order chi connectivity index (χ0) is 23.2. The smallest absolute Gasteiger partial charge is 0.241 e. The van der Waals surface area contributed by atoms with Crippen LogP contribution >= 0.6 is 11.6 Å². The maximum atomic E-state index is 12.6. The number of amides is 1. The van der Waals surface area contributed by atoms with Gasteiger partial charge in [-0.25, -0.2) is 0 Å². The molecule has 0 atom stereocenters. The van der Waals surface area contributed by atoms with Crippen molar-refractivity contribution in [2.24, 2.45) is 5.92 Å². The summed E-state index contributed by atoms with van der Waals surface area (Å²) >= 11 is 6.04. The fourth-order valence-corrected chi connectivity index (χ4v) is 4.09. The predicted octanol–water partition coefficient (Wildman–Crippen LogP) is 4.71. The van der Waals surface area contributed by atoms with Crippen molar-refractivity contribution in [2.75, 3.05) is 13.1 Å². The van der Waals surface area contributed by atoms with Crippen molar-refractivity contribution in [2.45, 2.75) is 45.9 Å². The number of nitrogens with one attached hydrogen (secondary N) is 1. The quantitative estimate of drug-likeness (QED) is 0.516. The fraction of sp³-hybridized carbons (Fsp3) is 0.400.